The zero-order chi connectivity index (χ0) is 58.3. The van der Waals surface area contributed by atoms with Crippen LogP contribution in [-0.2, 0) is 54.4 Å². The van der Waals surface area contributed by atoms with E-state index >= 15 is 0 Å². The van der Waals surface area contributed by atoms with Crippen molar-refractivity contribution >= 4 is 88.3 Å². The molecule has 1 aromatic heterocycles. The van der Waals surface area contributed by atoms with Crippen LogP contribution in [0.25, 0.3) is 0 Å². The highest BCUT2D eigenvalue weighted by molar-refractivity contribution is 7.09. The number of amides is 9. The van der Waals surface area contributed by atoms with E-state index in [0.717, 1.165) is 9.80 Å². The lowest BCUT2D eigenvalue weighted by Crippen LogP contribution is -2.58. The summed E-state index contributed by atoms with van der Waals surface area (Å²) in [5.41, 5.74) is 38.3. The van der Waals surface area contributed by atoms with Crippen LogP contribution in [0.4, 0.5) is 0 Å². The summed E-state index contributed by atoms with van der Waals surface area (Å²) in [5, 5.41) is 47.0. The number of carboxylic acid groups (broad SMARTS) is 1. The number of thiophene rings is 1. The molecule has 0 bridgehead atoms. The molecule has 438 valence electrons. The maximum Gasteiger partial charge on any atom is 0.326 e. The van der Waals surface area contributed by atoms with Crippen molar-refractivity contribution in [2.24, 2.45) is 55.1 Å². The third kappa shape index (κ3) is 20.4. The van der Waals surface area contributed by atoms with Crippen molar-refractivity contribution in [3.05, 3.63) is 22.4 Å². The van der Waals surface area contributed by atoms with E-state index in [1.165, 1.54) is 16.2 Å². The molecular weight excluding hydrogens is 1060 g/mol. The minimum absolute atomic E-state index is 0.00257. The van der Waals surface area contributed by atoms with E-state index < -0.39 is 133 Å². The van der Waals surface area contributed by atoms with Gasteiger partial charge in [0.1, 0.15) is 42.3 Å². The SMILES string of the molecule is NC(N)=NCCC[C@@H](N)C(=O)N[C@@H](CCCN=C(N)N)C(=O)N1CCC[C@H]1C(=O)N1CC(O)C[C@H]1C(=O)NCC(=O)N[C@@H](Cc1cccs1)C(=O)N[C@@H](CO)C(=O)N[C@@H]1CCN(CC(=O)N[C@@H](CCCN=C(N)N)C(=O)O)C1=O. The Kier molecular flexibility index (Phi) is 25.4. The van der Waals surface area contributed by atoms with E-state index in [1.54, 1.807) is 17.5 Å². The van der Waals surface area contributed by atoms with Crippen LogP contribution < -0.4 is 72.0 Å². The molecule has 9 atom stereocenters. The molecule has 0 spiro atoms. The Balaban J connectivity index is 1.35. The second-order valence-electron chi connectivity index (χ2n) is 19.0. The Morgan fingerprint density at radius 3 is 1.92 bits per heavy atom. The first kappa shape index (κ1) is 63.6. The van der Waals surface area contributed by atoms with Crippen molar-refractivity contribution in [3.8, 4) is 0 Å². The van der Waals surface area contributed by atoms with Crippen LogP contribution in [-0.4, -0.2) is 220 Å². The van der Waals surface area contributed by atoms with E-state index in [0.29, 0.717) is 17.7 Å². The number of aliphatic hydroxyl groups excluding tert-OH is 2. The molecule has 4 rings (SSSR count). The number of nitrogens with two attached hydrogens (primary N) is 7. The lowest BCUT2D eigenvalue weighted by atomic mass is 10.1. The number of β-amino-alcohol motifs (C(OH)–C–C–N with tert-alkyl or cyclic N) is 1. The molecule has 23 N–H and O–H groups in total. The topological polar surface area (TPSA) is 533 Å². The van der Waals surface area contributed by atoms with Gasteiger partial charge in [-0.15, -0.1) is 11.3 Å². The molecule has 1 unspecified atom stereocenters. The van der Waals surface area contributed by atoms with Crippen molar-refractivity contribution in [2.45, 2.75) is 125 Å². The molecule has 1 aromatic rings. The number of aliphatic imine (C=N–C) groups is 3. The van der Waals surface area contributed by atoms with Crippen molar-refractivity contribution in [1.29, 1.82) is 0 Å². The van der Waals surface area contributed by atoms with Gasteiger partial charge in [-0.3, -0.25) is 58.1 Å². The van der Waals surface area contributed by atoms with Crippen molar-refractivity contribution in [3.63, 3.8) is 0 Å². The molecule has 33 heteroatoms. The predicted octanol–water partition coefficient (Wildman–Crippen LogP) is -8.42. The van der Waals surface area contributed by atoms with Crippen LogP contribution in [0.15, 0.2) is 32.5 Å². The second kappa shape index (κ2) is 31.5. The highest BCUT2D eigenvalue weighted by Gasteiger charge is 2.46. The number of aliphatic carboxylic acids is 1. The van der Waals surface area contributed by atoms with Gasteiger partial charge in [0.2, 0.25) is 53.2 Å². The molecule has 79 heavy (non-hydrogen) atoms. The number of carboxylic acids is 1. The Hall–Kier alpha value is -7.91. The summed E-state index contributed by atoms with van der Waals surface area (Å²) in [6.07, 6.45) is 0.287. The molecular formula is C46H75N19O13S. The molecule has 0 radical (unpaired) electrons. The van der Waals surface area contributed by atoms with Crippen LogP contribution >= 0.6 is 11.3 Å². The largest absolute Gasteiger partial charge is 0.480 e. The first-order valence-corrected chi connectivity index (χ1v) is 26.5. The molecule has 3 fully saturated rings. The van der Waals surface area contributed by atoms with Gasteiger partial charge in [-0.05, 0) is 69.2 Å². The first-order chi connectivity index (χ1) is 37.5. The van der Waals surface area contributed by atoms with Crippen LogP contribution in [0, 0.1) is 0 Å². The fourth-order valence-electron chi connectivity index (χ4n) is 8.99. The third-order valence-electron chi connectivity index (χ3n) is 13.0. The summed E-state index contributed by atoms with van der Waals surface area (Å²) >= 11 is 1.25. The molecule has 32 nitrogen and oxygen atoms in total. The fraction of sp³-hybridized carbons (Fsp3) is 0.630. The summed E-state index contributed by atoms with van der Waals surface area (Å²) in [6, 6.07) is -6.64. The van der Waals surface area contributed by atoms with Gasteiger partial charge in [-0.1, -0.05) is 6.07 Å². The van der Waals surface area contributed by atoms with Gasteiger partial charge in [0.05, 0.1) is 31.8 Å². The van der Waals surface area contributed by atoms with E-state index in [4.69, 9.17) is 40.1 Å². The molecule has 0 aliphatic carbocycles. The number of aliphatic hydroxyl groups is 2. The van der Waals surface area contributed by atoms with Gasteiger partial charge in [0.25, 0.3) is 0 Å². The minimum atomic E-state index is -1.63. The highest BCUT2D eigenvalue weighted by Crippen LogP contribution is 2.27. The van der Waals surface area contributed by atoms with E-state index in [2.05, 4.69) is 46.9 Å². The van der Waals surface area contributed by atoms with E-state index in [-0.39, 0.29) is 115 Å². The van der Waals surface area contributed by atoms with Gasteiger partial charge in [-0.25, -0.2) is 4.79 Å². The third-order valence-corrected chi connectivity index (χ3v) is 13.9. The number of carbonyl (C=O) groups excluding carboxylic acids is 9. The monoisotopic (exact) mass is 1130 g/mol. The standard InChI is InChI=1S/C46H75N19O13S/c47-26(7-1-12-54-44(48)49)36(70)60-27(8-2-13-55-45(50)51)41(75)64-15-4-10-32(64)42(76)65-21-24(67)18-33(65)39(73)57-20-34(68)59-30(19-25-6-5-17-79-25)37(71)62-31(23-66)38(72)61-28-11-16-63(40(28)74)22-35(69)58-29(43(77)78)9-3-14-56-46(52)53/h5-6,17,24,26-33,66-67H,1-4,7-16,18-23,47H2,(H,57,73)(H,58,69)(H,59,68)(H,60,70)(H,61,72)(H,62,71)(H,77,78)(H4,48,49,54)(H4,50,51,55)(H4,52,53,56)/t24?,26-,27+,28-,29+,30+,31+,32+,33+/m1/s1. The lowest BCUT2D eigenvalue weighted by molar-refractivity contribution is -0.148. The van der Waals surface area contributed by atoms with E-state index in [9.17, 15) is 63.3 Å². The zero-order valence-electron chi connectivity index (χ0n) is 43.6. The molecule has 3 aliphatic heterocycles. The van der Waals surface area contributed by atoms with Gasteiger partial charge in [-0.2, -0.15) is 0 Å². The average Bonchev–Trinajstić information content (AvgIpc) is 4.29. The number of nitrogens with one attached hydrogen (secondary N) is 6. The molecule has 0 aromatic carbocycles. The fourth-order valence-corrected chi connectivity index (χ4v) is 9.74. The Bertz CT molecular complexity index is 2400. The number of guanidine groups is 3. The quantitative estimate of drug-likeness (QED) is 0.0186. The Morgan fingerprint density at radius 2 is 1.33 bits per heavy atom. The molecule has 3 aliphatic rings. The van der Waals surface area contributed by atoms with Gasteiger partial charge < -0.3 is 102 Å². The number of rotatable bonds is 31. The number of likely N-dealkylation sites (tertiary alicyclic amines) is 3. The van der Waals surface area contributed by atoms with Gasteiger partial charge >= 0.3 is 5.97 Å². The Morgan fingerprint density at radius 1 is 0.722 bits per heavy atom. The normalized spacial score (nSPS) is 19.6. The zero-order valence-corrected chi connectivity index (χ0v) is 44.4. The summed E-state index contributed by atoms with van der Waals surface area (Å²) in [6.45, 7) is -1.84. The number of nitrogens with zero attached hydrogens (tertiary/aromatic N) is 6. The van der Waals surface area contributed by atoms with Crippen LogP contribution in [0.5, 0.6) is 0 Å². The van der Waals surface area contributed by atoms with Crippen LogP contribution in [0.1, 0.15) is 69.1 Å². The van der Waals surface area contributed by atoms with Crippen LogP contribution in [0.3, 0.4) is 0 Å². The Labute approximate surface area is 458 Å². The maximum atomic E-state index is 14.3. The van der Waals surface area contributed by atoms with Crippen molar-refractivity contribution in [1.82, 2.24) is 46.6 Å². The highest BCUT2D eigenvalue weighted by atomic mass is 32.1. The minimum Gasteiger partial charge on any atom is -0.480 e. The lowest BCUT2D eigenvalue weighted by Gasteiger charge is -2.33. The summed E-state index contributed by atoms with van der Waals surface area (Å²) < 4.78 is 0. The second-order valence-corrected chi connectivity index (χ2v) is 20.1. The average molecular weight is 1130 g/mol. The molecule has 4 heterocycles. The van der Waals surface area contributed by atoms with Gasteiger partial charge in [0, 0.05) is 57.0 Å². The van der Waals surface area contributed by atoms with Crippen molar-refractivity contribution < 1.29 is 63.3 Å². The summed E-state index contributed by atoms with van der Waals surface area (Å²) in [4.78, 5) is 149. The summed E-state index contributed by atoms with van der Waals surface area (Å²) in [7, 11) is 0. The number of hydrogen-bond donors (Lipinski definition) is 16. The van der Waals surface area contributed by atoms with Gasteiger partial charge in [0.15, 0.2) is 17.9 Å². The maximum absolute atomic E-state index is 14.3. The smallest absolute Gasteiger partial charge is 0.326 e. The predicted molar refractivity (Wildman–Crippen MR) is 285 cm³/mol. The van der Waals surface area contributed by atoms with Crippen molar-refractivity contribution in [2.75, 3.05) is 59.0 Å². The molecule has 3 saturated heterocycles. The molecule has 0 saturated carbocycles. The molecule has 9 amide bonds. The van der Waals surface area contributed by atoms with E-state index in [1.807, 2.05) is 0 Å². The number of hydrogen-bond acceptors (Lipinski definition) is 17. The van der Waals surface area contributed by atoms with Crippen LogP contribution in [0.2, 0.25) is 0 Å². The summed E-state index contributed by atoms with van der Waals surface area (Å²) in [5.74, 6) is -8.70. The number of carbonyl (C=O) groups is 10. The first-order valence-electron chi connectivity index (χ1n) is 25.6.